The Kier molecular flexibility index (Phi) is 5.63. The first kappa shape index (κ1) is 15.3. The van der Waals surface area contributed by atoms with Crippen molar-refractivity contribution >= 4 is 5.91 Å². The molecule has 1 unspecified atom stereocenters. The Morgan fingerprint density at radius 1 is 1.37 bits per heavy atom. The summed E-state index contributed by atoms with van der Waals surface area (Å²) >= 11 is 0. The first-order valence-electron chi connectivity index (χ1n) is 6.19. The van der Waals surface area contributed by atoms with Crippen molar-refractivity contribution in [2.24, 2.45) is 5.73 Å². The second-order valence-corrected chi connectivity index (χ2v) is 4.74. The van der Waals surface area contributed by atoms with E-state index in [2.05, 4.69) is 0 Å². The largest absolute Gasteiger partial charge is 0.493 e. The van der Waals surface area contributed by atoms with Gasteiger partial charge in [-0.25, -0.2) is 0 Å². The molecule has 0 bridgehead atoms. The van der Waals surface area contributed by atoms with E-state index < -0.39 is 0 Å². The van der Waals surface area contributed by atoms with Crippen LogP contribution in [0.15, 0.2) is 18.2 Å². The van der Waals surface area contributed by atoms with Gasteiger partial charge in [0.1, 0.15) is 0 Å². The Labute approximate surface area is 114 Å². The summed E-state index contributed by atoms with van der Waals surface area (Å²) in [4.78, 5) is 13.0. The number of nitrogens with two attached hydrogens (primary N) is 1. The molecule has 0 radical (unpaired) electrons. The van der Waals surface area contributed by atoms with Crippen molar-refractivity contribution in [3.8, 4) is 11.5 Å². The molecule has 2 N–H and O–H groups in total. The predicted molar refractivity (Wildman–Crippen MR) is 74.5 cm³/mol. The van der Waals surface area contributed by atoms with E-state index >= 15 is 0 Å². The maximum atomic E-state index is 11.5. The monoisotopic (exact) mass is 266 g/mol. The third-order valence-electron chi connectivity index (χ3n) is 2.64. The average molecular weight is 266 g/mol. The quantitative estimate of drug-likeness (QED) is 0.836. The molecule has 5 nitrogen and oxygen atoms in total. The Balaban J connectivity index is 2.76. The van der Waals surface area contributed by atoms with Gasteiger partial charge in [0.15, 0.2) is 18.1 Å². The van der Waals surface area contributed by atoms with Crippen LogP contribution in [0.5, 0.6) is 11.5 Å². The number of hydrogen-bond acceptors (Lipinski definition) is 4. The van der Waals surface area contributed by atoms with E-state index in [9.17, 15) is 4.79 Å². The van der Waals surface area contributed by atoms with Crippen LogP contribution in [0.1, 0.15) is 12.5 Å². The molecular formula is C14H22N2O3. The molecule has 1 atom stereocenters. The first-order valence-corrected chi connectivity index (χ1v) is 6.19. The minimum absolute atomic E-state index is 0.00397. The fraction of sp³-hybridized carbons (Fsp3) is 0.500. The smallest absolute Gasteiger partial charge is 0.259 e. The average Bonchev–Trinajstić information content (AvgIpc) is 2.35. The van der Waals surface area contributed by atoms with Crippen molar-refractivity contribution in [2.75, 3.05) is 27.8 Å². The number of nitrogens with zero attached hydrogens (tertiary/aromatic N) is 1. The summed E-state index contributed by atoms with van der Waals surface area (Å²) in [5.41, 5.74) is 6.85. The molecule has 5 heteroatoms. The lowest BCUT2D eigenvalue weighted by atomic mass is 10.1. The molecule has 0 spiro atoms. The highest BCUT2D eigenvalue weighted by Crippen LogP contribution is 2.28. The van der Waals surface area contributed by atoms with Crippen LogP contribution in [-0.2, 0) is 11.2 Å². The molecule has 0 aliphatic rings. The Morgan fingerprint density at radius 3 is 2.58 bits per heavy atom. The van der Waals surface area contributed by atoms with E-state index in [0.29, 0.717) is 11.5 Å². The van der Waals surface area contributed by atoms with Crippen LogP contribution in [0, 0.1) is 0 Å². The normalized spacial score (nSPS) is 11.8. The number of carbonyl (C=O) groups is 1. The third kappa shape index (κ3) is 4.79. The van der Waals surface area contributed by atoms with Crippen LogP contribution >= 0.6 is 0 Å². The number of benzene rings is 1. The lowest BCUT2D eigenvalue weighted by Crippen LogP contribution is -2.27. The third-order valence-corrected chi connectivity index (χ3v) is 2.64. The number of rotatable bonds is 6. The summed E-state index contributed by atoms with van der Waals surface area (Å²) in [6.07, 6.45) is 0.771. The van der Waals surface area contributed by atoms with Crippen LogP contribution in [0.2, 0.25) is 0 Å². The summed E-state index contributed by atoms with van der Waals surface area (Å²) in [5.74, 6) is 1.08. The second kappa shape index (κ2) is 6.99. The summed E-state index contributed by atoms with van der Waals surface area (Å²) in [6.45, 7) is 1.95. The lowest BCUT2D eigenvalue weighted by molar-refractivity contribution is -0.130. The maximum Gasteiger partial charge on any atom is 0.259 e. The lowest BCUT2D eigenvalue weighted by Gasteiger charge is -2.14. The Morgan fingerprint density at radius 2 is 2.05 bits per heavy atom. The van der Waals surface area contributed by atoms with Crippen molar-refractivity contribution in [1.29, 1.82) is 0 Å². The highest BCUT2D eigenvalue weighted by atomic mass is 16.5. The topological polar surface area (TPSA) is 64.8 Å². The Hall–Kier alpha value is -1.75. The second-order valence-electron chi connectivity index (χ2n) is 4.74. The van der Waals surface area contributed by atoms with Gasteiger partial charge in [0, 0.05) is 20.1 Å². The summed E-state index contributed by atoms with van der Waals surface area (Å²) in [7, 11) is 4.95. The zero-order valence-corrected chi connectivity index (χ0v) is 12.0. The number of likely N-dealkylation sites (N-methyl/N-ethyl adjacent to an activating group) is 1. The van der Waals surface area contributed by atoms with Gasteiger partial charge >= 0.3 is 0 Å². The number of hydrogen-bond donors (Lipinski definition) is 1. The van der Waals surface area contributed by atoms with E-state index in [0.717, 1.165) is 12.0 Å². The highest BCUT2D eigenvalue weighted by molar-refractivity contribution is 5.77. The molecule has 0 heterocycles. The molecule has 0 aliphatic carbocycles. The fourth-order valence-corrected chi connectivity index (χ4v) is 1.60. The molecule has 1 amide bonds. The van der Waals surface area contributed by atoms with Gasteiger partial charge in [-0.2, -0.15) is 0 Å². The fourth-order valence-electron chi connectivity index (χ4n) is 1.60. The summed E-state index contributed by atoms with van der Waals surface area (Å²) < 4.78 is 10.7. The van der Waals surface area contributed by atoms with Gasteiger partial charge in [0.2, 0.25) is 0 Å². The van der Waals surface area contributed by atoms with Crippen molar-refractivity contribution in [3.05, 3.63) is 23.8 Å². The van der Waals surface area contributed by atoms with E-state index in [1.807, 2.05) is 19.1 Å². The van der Waals surface area contributed by atoms with Gasteiger partial charge in [-0.1, -0.05) is 6.07 Å². The minimum Gasteiger partial charge on any atom is -0.493 e. The number of ether oxygens (including phenoxy) is 2. The van der Waals surface area contributed by atoms with Gasteiger partial charge in [-0.3, -0.25) is 4.79 Å². The molecule has 0 aromatic heterocycles. The van der Waals surface area contributed by atoms with Crippen LogP contribution in [0.25, 0.3) is 0 Å². The Bertz CT molecular complexity index is 431. The minimum atomic E-state index is -0.0956. The predicted octanol–water partition coefficient (Wildman–Crippen LogP) is 1.05. The standard InChI is InChI=1S/C14H22N2O3/c1-10(15)7-11-5-6-12(13(8-11)18-4)19-9-14(17)16(2)3/h5-6,8,10H,7,9,15H2,1-4H3. The highest BCUT2D eigenvalue weighted by Gasteiger charge is 2.10. The van der Waals surface area contributed by atoms with Crippen molar-refractivity contribution in [2.45, 2.75) is 19.4 Å². The van der Waals surface area contributed by atoms with Gasteiger partial charge in [0.05, 0.1) is 7.11 Å². The van der Waals surface area contributed by atoms with Gasteiger partial charge < -0.3 is 20.1 Å². The van der Waals surface area contributed by atoms with E-state index in [-0.39, 0.29) is 18.6 Å². The van der Waals surface area contributed by atoms with Crippen LogP contribution < -0.4 is 15.2 Å². The number of methoxy groups -OCH3 is 1. The molecule has 0 aliphatic heterocycles. The number of amides is 1. The SMILES string of the molecule is COc1cc(CC(C)N)ccc1OCC(=O)N(C)C. The maximum absolute atomic E-state index is 11.5. The zero-order valence-electron chi connectivity index (χ0n) is 12.0. The van der Waals surface area contributed by atoms with Gasteiger partial charge in [-0.05, 0) is 31.0 Å². The molecule has 106 valence electrons. The summed E-state index contributed by atoms with van der Waals surface area (Å²) in [5, 5.41) is 0. The molecule has 0 saturated carbocycles. The number of carbonyl (C=O) groups excluding carboxylic acids is 1. The van der Waals surface area contributed by atoms with Crippen LogP contribution in [0.4, 0.5) is 0 Å². The molecule has 1 rings (SSSR count). The van der Waals surface area contributed by atoms with Crippen LogP contribution in [-0.4, -0.2) is 44.7 Å². The van der Waals surface area contributed by atoms with E-state index in [1.54, 1.807) is 27.3 Å². The van der Waals surface area contributed by atoms with Crippen molar-refractivity contribution in [1.82, 2.24) is 4.90 Å². The molecule has 1 aromatic rings. The first-order chi connectivity index (χ1) is 8.93. The molecule has 1 aromatic carbocycles. The van der Waals surface area contributed by atoms with Crippen molar-refractivity contribution in [3.63, 3.8) is 0 Å². The van der Waals surface area contributed by atoms with E-state index in [1.165, 1.54) is 4.90 Å². The molecule has 0 fully saturated rings. The zero-order chi connectivity index (χ0) is 14.4. The molecular weight excluding hydrogens is 244 g/mol. The molecule has 0 saturated heterocycles. The van der Waals surface area contributed by atoms with Gasteiger partial charge in [-0.15, -0.1) is 0 Å². The molecule has 19 heavy (non-hydrogen) atoms. The van der Waals surface area contributed by atoms with Crippen LogP contribution in [0.3, 0.4) is 0 Å². The van der Waals surface area contributed by atoms with Crippen molar-refractivity contribution < 1.29 is 14.3 Å². The summed E-state index contributed by atoms with van der Waals surface area (Å²) in [6, 6.07) is 5.71. The van der Waals surface area contributed by atoms with Gasteiger partial charge in [0.25, 0.3) is 5.91 Å². The van der Waals surface area contributed by atoms with E-state index in [4.69, 9.17) is 15.2 Å².